The van der Waals surface area contributed by atoms with E-state index >= 15 is 0 Å². The van der Waals surface area contributed by atoms with Gasteiger partial charge in [0, 0.05) is 55.7 Å². The molecule has 0 spiro atoms. The maximum Gasteiger partial charge on any atom is 0.256 e. The highest BCUT2D eigenvalue weighted by Crippen LogP contribution is 2.49. The standard InChI is InChI=1S/C54H32B2N2O3S/c1-4-16-33(17-5-1)57-42-25-13-11-23-38(42)55-40-30-41-49(31-46(40)61-48-29-36(28-44(57)52(48)55)59-35-20-8-3-9-21-35)62-50-32-47-51(37-22-10-15-27-45(37)60-47)54-53(50)56(41)39-24-12-14-26-43(39)58(54)34-18-6-2-7-19-34/h1-32H. The topological polar surface area (TPSA) is 38.1 Å². The van der Waals surface area contributed by atoms with E-state index in [-0.39, 0.29) is 13.4 Å². The van der Waals surface area contributed by atoms with E-state index in [0.29, 0.717) is 0 Å². The molecule has 0 radical (unpaired) electrons. The summed E-state index contributed by atoms with van der Waals surface area (Å²) in [4.78, 5) is 7.21. The number of benzene rings is 9. The van der Waals surface area contributed by atoms with E-state index in [4.69, 9.17) is 13.9 Å². The number of para-hydroxylation sites is 6. The van der Waals surface area contributed by atoms with Gasteiger partial charge in [0.1, 0.15) is 34.2 Å². The zero-order valence-electron chi connectivity index (χ0n) is 33.2. The fourth-order valence-electron chi connectivity index (χ4n) is 10.5. The lowest BCUT2D eigenvalue weighted by atomic mass is 9.31. The van der Waals surface area contributed by atoms with Crippen LogP contribution in [-0.2, 0) is 0 Å². The van der Waals surface area contributed by atoms with Crippen molar-refractivity contribution in [2.24, 2.45) is 0 Å². The third-order valence-electron chi connectivity index (χ3n) is 13.0. The van der Waals surface area contributed by atoms with Crippen LogP contribution in [-0.4, -0.2) is 13.4 Å². The molecule has 0 saturated heterocycles. The SMILES string of the molecule is c1ccc(Oc2cc3c4c(c2)N(c2ccccc2)c2ccccc2B4c2cc4c(cc2O3)Sc2cc3oc5ccccc5c3c3c2B4c2ccccc2N3c2ccccc2)cc1. The normalized spacial score (nSPS) is 13.7. The zero-order chi connectivity index (χ0) is 40.5. The van der Waals surface area contributed by atoms with Crippen molar-refractivity contribution < 1.29 is 13.9 Å². The van der Waals surface area contributed by atoms with Crippen LogP contribution in [0.5, 0.6) is 23.0 Å². The fourth-order valence-corrected chi connectivity index (χ4v) is 11.7. The Morgan fingerprint density at radius 1 is 0.435 bits per heavy atom. The first-order valence-electron chi connectivity index (χ1n) is 21.1. The average molecular weight is 811 g/mol. The molecule has 4 aliphatic heterocycles. The molecule has 0 bridgehead atoms. The minimum Gasteiger partial charge on any atom is -0.458 e. The van der Waals surface area contributed by atoms with E-state index in [0.717, 1.165) is 78.6 Å². The van der Waals surface area contributed by atoms with Crippen LogP contribution in [0.15, 0.2) is 208 Å². The van der Waals surface area contributed by atoms with Crippen LogP contribution in [0.25, 0.3) is 21.9 Å². The average Bonchev–Trinajstić information content (AvgIpc) is 3.70. The molecule has 14 rings (SSSR count). The van der Waals surface area contributed by atoms with Crippen molar-refractivity contribution in [3.63, 3.8) is 0 Å². The Morgan fingerprint density at radius 2 is 1.06 bits per heavy atom. The van der Waals surface area contributed by atoms with Crippen LogP contribution in [0.2, 0.25) is 0 Å². The number of anilines is 6. The molecule has 4 aliphatic rings. The maximum absolute atomic E-state index is 7.17. The molecule has 0 saturated carbocycles. The Kier molecular flexibility index (Phi) is 7.16. The molecule has 0 N–H and O–H groups in total. The summed E-state index contributed by atoms with van der Waals surface area (Å²) in [6.07, 6.45) is 0. The van der Waals surface area contributed by atoms with Crippen LogP contribution < -0.4 is 52.1 Å². The van der Waals surface area contributed by atoms with Gasteiger partial charge in [0.05, 0.1) is 11.1 Å². The van der Waals surface area contributed by atoms with Gasteiger partial charge in [-0.1, -0.05) is 132 Å². The van der Waals surface area contributed by atoms with Gasteiger partial charge < -0.3 is 23.7 Å². The molecule has 5 heterocycles. The number of fused-ring (bicyclic) bond motifs is 12. The molecule has 10 aromatic rings. The minimum absolute atomic E-state index is 0.0297. The number of ether oxygens (including phenoxy) is 2. The van der Waals surface area contributed by atoms with Crippen LogP contribution in [0, 0.1) is 0 Å². The van der Waals surface area contributed by atoms with E-state index in [1.807, 2.05) is 42.1 Å². The highest BCUT2D eigenvalue weighted by atomic mass is 32.2. The summed E-state index contributed by atoms with van der Waals surface area (Å²) < 4.78 is 20.5. The molecule has 5 nitrogen and oxygen atoms in total. The van der Waals surface area contributed by atoms with Crippen molar-refractivity contribution in [3.8, 4) is 23.0 Å². The highest BCUT2D eigenvalue weighted by Gasteiger charge is 2.47. The van der Waals surface area contributed by atoms with E-state index in [1.165, 1.54) is 43.0 Å². The van der Waals surface area contributed by atoms with Crippen LogP contribution in [0.1, 0.15) is 0 Å². The maximum atomic E-state index is 7.17. The third-order valence-corrected chi connectivity index (χ3v) is 14.1. The van der Waals surface area contributed by atoms with Crippen molar-refractivity contribution in [2.45, 2.75) is 9.79 Å². The monoisotopic (exact) mass is 810 g/mol. The zero-order valence-corrected chi connectivity index (χ0v) is 34.0. The lowest BCUT2D eigenvalue weighted by Gasteiger charge is -2.42. The van der Waals surface area contributed by atoms with Gasteiger partial charge in [0.15, 0.2) is 0 Å². The first kappa shape index (κ1) is 34.2. The second-order valence-corrected chi connectivity index (χ2v) is 17.4. The predicted octanol–water partition coefficient (Wildman–Crippen LogP) is 10.5. The Bertz CT molecular complexity index is 3490. The van der Waals surface area contributed by atoms with Gasteiger partial charge >= 0.3 is 0 Å². The van der Waals surface area contributed by atoms with E-state index in [9.17, 15) is 0 Å². The largest absolute Gasteiger partial charge is 0.458 e. The second kappa shape index (κ2) is 13.0. The summed E-state index contributed by atoms with van der Waals surface area (Å²) in [5.74, 6) is 3.16. The Hall–Kier alpha value is -7.54. The molecule has 288 valence electrons. The summed E-state index contributed by atoms with van der Waals surface area (Å²) in [6, 6.07) is 68.9. The van der Waals surface area contributed by atoms with Gasteiger partial charge in [-0.2, -0.15) is 0 Å². The summed E-state index contributed by atoms with van der Waals surface area (Å²) >= 11 is 1.82. The van der Waals surface area contributed by atoms with Crippen LogP contribution in [0.4, 0.5) is 34.1 Å². The molecule has 62 heavy (non-hydrogen) atoms. The Balaban J connectivity index is 1.03. The summed E-state index contributed by atoms with van der Waals surface area (Å²) in [6.45, 7) is -0.111. The molecular weight excluding hydrogens is 778 g/mol. The molecule has 1 aromatic heterocycles. The highest BCUT2D eigenvalue weighted by molar-refractivity contribution is 8.00. The summed E-state index contributed by atoms with van der Waals surface area (Å²) in [5.41, 5.74) is 15.9. The van der Waals surface area contributed by atoms with Crippen molar-refractivity contribution in [3.05, 3.63) is 194 Å². The van der Waals surface area contributed by atoms with Crippen LogP contribution in [0.3, 0.4) is 0 Å². The molecule has 0 atom stereocenters. The molecule has 8 heteroatoms. The fraction of sp³-hybridized carbons (Fsp3) is 0. The number of hydrogen-bond acceptors (Lipinski definition) is 6. The number of furan rings is 1. The number of hydrogen-bond donors (Lipinski definition) is 0. The van der Waals surface area contributed by atoms with Gasteiger partial charge in [0.2, 0.25) is 6.71 Å². The molecule has 0 aliphatic carbocycles. The lowest BCUT2D eigenvalue weighted by Crippen LogP contribution is -2.63. The number of nitrogens with zero attached hydrogens (tertiary/aromatic N) is 2. The second-order valence-electron chi connectivity index (χ2n) is 16.3. The van der Waals surface area contributed by atoms with Gasteiger partial charge in [0.25, 0.3) is 6.71 Å². The Labute approximate surface area is 362 Å². The van der Waals surface area contributed by atoms with Gasteiger partial charge in [-0.3, -0.25) is 0 Å². The molecular formula is C54H32B2N2O3S. The van der Waals surface area contributed by atoms with Gasteiger partial charge in [-0.05, 0) is 94.0 Å². The molecule has 9 aromatic carbocycles. The molecule has 0 amide bonds. The van der Waals surface area contributed by atoms with E-state index in [2.05, 4.69) is 174 Å². The Morgan fingerprint density at radius 3 is 1.82 bits per heavy atom. The summed E-state index contributed by atoms with van der Waals surface area (Å²) in [7, 11) is 0. The lowest BCUT2D eigenvalue weighted by molar-refractivity contribution is 0.462. The van der Waals surface area contributed by atoms with E-state index < -0.39 is 0 Å². The van der Waals surface area contributed by atoms with E-state index in [1.54, 1.807) is 0 Å². The third kappa shape index (κ3) is 4.84. The molecule has 0 unspecified atom stereocenters. The van der Waals surface area contributed by atoms with Crippen LogP contribution >= 0.6 is 11.8 Å². The quantitative estimate of drug-likeness (QED) is 0.165. The van der Waals surface area contributed by atoms with Gasteiger partial charge in [-0.15, -0.1) is 0 Å². The summed E-state index contributed by atoms with van der Waals surface area (Å²) in [5, 5.41) is 2.26. The smallest absolute Gasteiger partial charge is 0.256 e. The van der Waals surface area contributed by atoms with Crippen molar-refractivity contribution in [2.75, 3.05) is 9.80 Å². The van der Waals surface area contributed by atoms with Crippen molar-refractivity contribution in [1.82, 2.24) is 0 Å². The first-order valence-corrected chi connectivity index (χ1v) is 21.9. The number of rotatable bonds is 4. The molecule has 0 fully saturated rings. The van der Waals surface area contributed by atoms with Crippen molar-refractivity contribution >= 4 is 114 Å². The predicted molar refractivity (Wildman–Crippen MR) is 256 cm³/mol. The van der Waals surface area contributed by atoms with Crippen molar-refractivity contribution in [1.29, 1.82) is 0 Å². The van der Waals surface area contributed by atoms with Gasteiger partial charge in [-0.25, -0.2) is 0 Å². The minimum atomic E-state index is -0.0817. The first-order chi connectivity index (χ1) is 30.7.